The highest BCUT2D eigenvalue weighted by molar-refractivity contribution is 14.1. The van der Waals surface area contributed by atoms with Crippen LogP contribution in [0, 0.1) is 20.8 Å². The summed E-state index contributed by atoms with van der Waals surface area (Å²) in [6, 6.07) is 6.21. The predicted molar refractivity (Wildman–Crippen MR) is 180 cm³/mol. The largest absolute Gasteiger partial charge is 0.460 e. The number of fused-ring (bicyclic) bond motifs is 4. The highest BCUT2D eigenvalue weighted by Gasteiger charge is 2.78. The van der Waals surface area contributed by atoms with Crippen molar-refractivity contribution in [2.24, 2.45) is 17.3 Å². The first-order valence-corrected chi connectivity index (χ1v) is 18.5. The summed E-state index contributed by atoms with van der Waals surface area (Å²) in [5, 5.41) is 17.1. The van der Waals surface area contributed by atoms with E-state index in [2.05, 4.69) is 33.2 Å². The van der Waals surface area contributed by atoms with Gasteiger partial charge in [0.2, 0.25) is 11.8 Å². The molecule has 14 heteroatoms. The van der Waals surface area contributed by atoms with Crippen LogP contribution < -0.4 is 10.6 Å². The topological polar surface area (TPSA) is 162 Å². The van der Waals surface area contributed by atoms with Crippen molar-refractivity contribution in [3.05, 3.63) is 33.4 Å². The molecule has 3 saturated heterocycles. The van der Waals surface area contributed by atoms with Gasteiger partial charge in [0, 0.05) is 41.2 Å². The van der Waals surface area contributed by atoms with Crippen molar-refractivity contribution in [1.82, 2.24) is 15.7 Å². The number of aliphatic hydroxyl groups is 1. The highest BCUT2D eigenvalue weighted by Crippen LogP contribution is 2.63. The normalized spacial score (nSPS) is 32.2. The van der Waals surface area contributed by atoms with E-state index in [1.54, 1.807) is 25.8 Å². The van der Waals surface area contributed by atoms with E-state index in [1.165, 1.54) is 0 Å². The number of carbonyl (C=O) groups excluding carboxylic acids is 4. The van der Waals surface area contributed by atoms with E-state index < -0.39 is 77.1 Å². The van der Waals surface area contributed by atoms with Crippen molar-refractivity contribution in [2.45, 2.75) is 127 Å². The first-order valence-electron chi connectivity index (χ1n) is 17.5. The molecule has 7 atom stereocenters. The Kier molecular flexibility index (Phi) is 9.52. The molecular formula is C35H46IN3O10. The monoisotopic (exact) mass is 795 g/mol. The molecule has 3 aliphatic carbocycles. The molecule has 2 amide bonds. The number of hydrogen-bond acceptors (Lipinski definition) is 11. The minimum absolute atomic E-state index is 0.00773. The van der Waals surface area contributed by atoms with Gasteiger partial charge in [-0.05, 0) is 93.2 Å². The van der Waals surface area contributed by atoms with Gasteiger partial charge in [0.15, 0.2) is 11.8 Å². The zero-order chi connectivity index (χ0) is 34.7. The number of amides is 2. The van der Waals surface area contributed by atoms with Gasteiger partial charge in [-0.15, -0.1) is 0 Å². The Balaban J connectivity index is 1.06. The van der Waals surface area contributed by atoms with Gasteiger partial charge in [-0.25, -0.2) is 0 Å². The molecule has 13 nitrogen and oxygen atoms in total. The van der Waals surface area contributed by atoms with Crippen LogP contribution in [-0.4, -0.2) is 95.0 Å². The lowest BCUT2D eigenvalue weighted by molar-refractivity contribution is -0.235. The van der Waals surface area contributed by atoms with Crippen molar-refractivity contribution < 1.29 is 48.1 Å². The Morgan fingerprint density at radius 3 is 2.47 bits per heavy atom. The lowest BCUT2D eigenvalue weighted by Gasteiger charge is -2.48. The van der Waals surface area contributed by atoms with Gasteiger partial charge < -0.3 is 34.7 Å². The molecule has 7 unspecified atom stereocenters. The van der Waals surface area contributed by atoms with Crippen molar-refractivity contribution in [3.63, 3.8) is 0 Å². The number of hydroxylamine groups is 2. The van der Waals surface area contributed by atoms with Crippen LogP contribution in [0.2, 0.25) is 0 Å². The van der Waals surface area contributed by atoms with Crippen LogP contribution in [0.1, 0.15) is 77.7 Å². The maximum absolute atomic E-state index is 14.4. The summed E-state index contributed by atoms with van der Waals surface area (Å²) in [6.07, 6.45) is 1.82. The first-order chi connectivity index (χ1) is 23.3. The van der Waals surface area contributed by atoms with E-state index in [9.17, 15) is 24.3 Å². The number of esters is 2. The Bertz CT molecular complexity index is 1470. The van der Waals surface area contributed by atoms with Gasteiger partial charge in [-0.3, -0.25) is 24.0 Å². The van der Waals surface area contributed by atoms with Crippen LogP contribution in [-0.2, 0) is 49.5 Å². The third-order valence-corrected chi connectivity index (χ3v) is 11.1. The number of aliphatic hydroxyl groups excluding tert-OH is 1. The van der Waals surface area contributed by atoms with Crippen molar-refractivity contribution in [2.75, 3.05) is 13.2 Å². The number of nitrogens with zero attached hydrogens (tertiary/aromatic N) is 1. The molecule has 0 spiro atoms. The summed E-state index contributed by atoms with van der Waals surface area (Å²) >= 11 is 2.24. The van der Waals surface area contributed by atoms with Crippen LogP contribution >= 0.6 is 22.6 Å². The smallest absolute Gasteiger partial charge is 0.327 e. The van der Waals surface area contributed by atoms with Crippen LogP contribution in [0.25, 0.3) is 0 Å². The summed E-state index contributed by atoms with van der Waals surface area (Å²) < 4.78 is 26.1. The lowest BCUT2D eigenvalue weighted by atomic mass is 9.62. The van der Waals surface area contributed by atoms with E-state index in [0.717, 1.165) is 34.8 Å². The van der Waals surface area contributed by atoms with Crippen LogP contribution in [0.3, 0.4) is 0 Å². The van der Waals surface area contributed by atoms with E-state index in [0.29, 0.717) is 0 Å². The second-order valence-corrected chi connectivity index (χ2v) is 16.6. The third-order valence-electron chi connectivity index (χ3n) is 10.5. The zero-order valence-corrected chi connectivity index (χ0v) is 30.3. The molecular weight excluding hydrogens is 749 g/mol. The molecule has 6 fully saturated rings. The molecule has 3 aliphatic heterocycles. The SMILES string of the molecule is CC(C)(C)OC(=O)CCC(CO)NC(=O)CCNC(=O)C12CC3OC(=O)C1N(Cc1cccc(I)c1)OC2C1OC(C2CC2)(C2CC2)OC31. The summed E-state index contributed by atoms with van der Waals surface area (Å²) in [5.41, 5.74) is -1.03. The van der Waals surface area contributed by atoms with E-state index >= 15 is 0 Å². The van der Waals surface area contributed by atoms with Crippen LogP contribution in [0.5, 0.6) is 0 Å². The minimum atomic E-state index is -1.33. The number of ether oxygens (including phenoxy) is 4. The molecule has 49 heavy (non-hydrogen) atoms. The van der Waals surface area contributed by atoms with Gasteiger partial charge in [0.05, 0.1) is 19.2 Å². The fourth-order valence-electron chi connectivity index (χ4n) is 8.13. The van der Waals surface area contributed by atoms with Gasteiger partial charge in [0.25, 0.3) is 0 Å². The van der Waals surface area contributed by atoms with Crippen molar-refractivity contribution in [3.8, 4) is 0 Å². The van der Waals surface area contributed by atoms with E-state index in [4.69, 9.17) is 23.8 Å². The second kappa shape index (κ2) is 13.3. The number of carbonyl (C=O) groups is 4. The molecule has 6 aliphatic rings. The maximum Gasteiger partial charge on any atom is 0.327 e. The number of benzene rings is 1. The molecule has 2 bridgehead atoms. The number of rotatable bonds is 13. The average Bonchev–Trinajstić information content (AvgIpc) is 3.98. The van der Waals surface area contributed by atoms with Gasteiger partial charge >= 0.3 is 11.9 Å². The summed E-state index contributed by atoms with van der Waals surface area (Å²) in [7, 11) is 0. The predicted octanol–water partition coefficient (Wildman–Crippen LogP) is 2.50. The highest BCUT2D eigenvalue weighted by atomic mass is 127. The maximum atomic E-state index is 14.4. The van der Waals surface area contributed by atoms with E-state index in [-0.39, 0.29) is 57.2 Å². The van der Waals surface area contributed by atoms with Crippen LogP contribution in [0.15, 0.2) is 24.3 Å². The molecule has 3 saturated carbocycles. The number of halogens is 1. The van der Waals surface area contributed by atoms with Gasteiger partial charge in [0.1, 0.15) is 35.4 Å². The molecule has 7 rings (SSSR count). The fourth-order valence-corrected chi connectivity index (χ4v) is 8.74. The Hall–Kier alpha value is -2.37. The van der Waals surface area contributed by atoms with E-state index in [1.807, 2.05) is 24.3 Å². The molecule has 0 aromatic heterocycles. The minimum Gasteiger partial charge on any atom is -0.460 e. The summed E-state index contributed by atoms with van der Waals surface area (Å²) in [5.74, 6) is -1.94. The van der Waals surface area contributed by atoms with Crippen molar-refractivity contribution >= 4 is 46.3 Å². The number of hydrogen-bond donors (Lipinski definition) is 3. The number of nitrogens with one attached hydrogen (secondary N) is 2. The lowest BCUT2D eigenvalue weighted by Crippen LogP contribution is -2.69. The average molecular weight is 796 g/mol. The van der Waals surface area contributed by atoms with Gasteiger partial charge in [-0.2, -0.15) is 5.06 Å². The first kappa shape index (κ1) is 35.1. The molecule has 268 valence electrons. The quantitative estimate of drug-likeness (QED) is 0.199. The van der Waals surface area contributed by atoms with Crippen molar-refractivity contribution in [1.29, 1.82) is 0 Å². The second-order valence-electron chi connectivity index (χ2n) is 15.4. The molecule has 3 N–H and O–H groups in total. The fraction of sp³-hybridized carbons (Fsp3) is 0.714. The summed E-state index contributed by atoms with van der Waals surface area (Å²) in [6.45, 7) is 5.22. The summed E-state index contributed by atoms with van der Waals surface area (Å²) in [4.78, 5) is 59.9. The molecule has 3 heterocycles. The Labute approximate surface area is 299 Å². The zero-order valence-electron chi connectivity index (χ0n) is 28.2. The molecule has 1 aromatic rings. The Morgan fingerprint density at radius 2 is 1.82 bits per heavy atom. The molecule has 1 aromatic carbocycles. The third kappa shape index (κ3) is 6.85. The Morgan fingerprint density at radius 1 is 1.10 bits per heavy atom. The molecule has 0 radical (unpaired) electrons. The standard InChI is InChI=1S/C35H46IN3O10/c1-33(2,3)46-26(42)12-11-23(18-40)38-25(41)13-14-37-32(44)34-16-24-27-28(48-35(47-27,20-7-8-20)21-9-10-21)30(34)49-39(29(34)31(43)45-24)17-19-5-4-6-22(36)15-19/h4-6,15,20-21,23-24,27-30,40H,7-14,16-18H2,1-3H3,(H,37,44)(H,38,41). The van der Waals surface area contributed by atoms with Crippen LogP contribution in [0.4, 0.5) is 0 Å². The van der Waals surface area contributed by atoms with Gasteiger partial charge in [-0.1, -0.05) is 12.1 Å².